The molecular weight excluding hydrogens is 530 g/mol. The van der Waals surface area contributed by atoms with Gasteiger partial charge in [-0.2, -0.15) is 5.26 Å². The molecule has 0 bridgehead atoms. The van der Waals surface area contributed by atoms with Gasteiger partial charge < -0.3 is 10.0 Å². The SMILES string of the molecule is CC(C)(O)c1ccc(N2CCC(CCC3=C(C4CC4)c4cccc(-c5ccc(C#N)cc5)c4CCCC=C3)C(=O)C2)nc1. The maximum Gasteiger partial charge on any atom is 0.155 e. The van der Waals surface area contributed by atoms with Gasteiger partial charge in [0.05, 0.1) is 23.8 Å². The van der Waals surface area contributed by atoms with Crippen molar-refractivity contribution in [2.45, 2.75) is 70.8 Å². The third kappa shape index (κ3) is 6.50. The highest BCUT2D eigenvalue weighted by molar-refractivity contribution is 5.87. The number of fused-ring (bicyclic) bond motifs is 1. The first-order valence-corrected chi connectivity index (χ1v) is 15.8. The second kappa shape index (κ2) is 12.3. The number of Topliss-reactive ketones (excluding diaryl/α,β-unsaturated/α-hetero) is 1. The highest BCUT2D eigenvalue weighted by Crippen LogP contribution is 2.48. The van der Waals surface area contributed by atoms with Gasteiger partial charge in [-0.05, 0) is 123 Å². The highest BCUT2D eigenvalue weighted by atomic mass is 16.3. The van der Waals surface area contributed by atoms with E-state index < -0.39 is 5.60 Å². The molecule has 3 aromatic rings. The van der Waals surface area contributed by atoms with Crippen LogP contribution >= 0.6 is 0 Å². The van der Waals surface area contributed by atoms with E-state index in [1.165, 1.54) is 46.2 Å². The third-order valence-electron chi connectivity index (χ3n) is 9.33. The van der Waals surface area contributed by atoms with E-state index in [0.717, 1.165) is 56.5 Å². The average Bonchev–Trinajstić information content (AvgIpc) is 3.84. The van der Waals surface area contributed by atoms with Crippen LogP contribution in [0.3, 0.4) is 0 Å². The van der Waals surface area contributed by atoms with Gasteiger partial charge in [-0.1, -0.05) is 48.6 Å². The first-order valence-electron chi connectivity index (χ1n) is 15.8. The summed E-state index contributed by atoms with van der Waals surface area (Å²) < 4.78 is 0. The van der Waals surface area contributed by atoms with Crippen molar-refractivity contribution in [2.75, 3.05) is 18.0 Å². The van der Waals surface area contributed by atoms with Crippen LogP contribution in [0.25, 0.3) is 16.7 Å². The number of allylic oxidation sites excluding steroid dienone is 4. The van der Waals surface area contributed by atoms with Crippen LogP contribution < -0.4 is 4.90 Å². The van der Waals surface area contributed by atoms with Crippen molar-refractivity contribution in [1.29, 1.82) is 5.26 Å². The summed E-state index contributed by atoms with van der Waals surface area (Å²) >= 11 is 0. The second-order valence-corrected chi connectivity index (χ2v) is 12.9. The standard InChI is InChI=1S/C38H41N3O2/c1-38(2,43)31-19-20-36(40-24-31)41-22-21-28(35(42)25-41)15-16-29-7-4-3-5-8-33-32(27-13-11-26(23-39)12-14-27)9-6-10-34(33)37(29)30-17-18-30/h4,6-7,9-14,19-20,24,28,30,43H,3,5,8,15-18,21-22,25H2,1-2H3. The minimum absolute atomic E-state index is 0.0605. The topological polar surface area (TPSA) is 77.2 Å². The Labute approximate surface area is 255 Å². The zero-order valence-electron chi connectivity index (χ0n) is 25.4. The van der Waals surface area contributed by atoms with Crippen LogP contribution in [0.4, 0.5) is 5.82 Å². The summed E-state index contributed by atoms with van der Waals surface area (Å²) in [6, 6.07) is 20.8. The van der Waals surface area contributed by atoms with E-state index in [1.54, 1.807) is 20.0 Å². The fraction of sp³-hybridized carbons (Fsp3) is 0.395. The van der Waals surface area contributed by atoms with Crippen molar-refractivity contribution >= 4 is 17.2 Å². The van der Waals surface area contributed by atoms with Crippen molar-refractivity contribution in [2.24, 2.45) is 11.8 Å². The van der Waals surface area contributed by atoms with Crippen LogP contribution in [0.15, 0.2) is 78.5 Å². The third-order valence-corrected chi connectivity index (χ3v) is 9.33. The van der Waals surface area contributed by atoms with Crippen LogP contribution in [0, 0.1) is 23.2 Å². The minimum Gasteiger partial charge on any atom is -0.386 e. The Balaban J connectivity index is 1.23. The van der Waals surface area contributed by atoms with Crippen LogP contribution in [-0.4, -0.2) is 29.0 Å². The van der Waals surface area contributed by atoms with Crippen molar-refractivity contribution in [3.8, 4) is 17.2 Å². The normalized spacial score (nSPS) is 19.3. The van der Waals surface area contributed by atoms with Gasteiger partial charge in [0, 0.05) is 24.2 Å². The Hall–Kier alpha value is -4.01. The number of carbonyl (C=O) groups is 1. The molecule has 0 spiro atoms. The smallest absolute Gasteiger partial charge is 0.155 e. The van der Waals surface area contributed by atoms with E-state index >= 15 is 0 Å². The minimum atomic E-state index is -0.932. The van der Waals surface area contributed by atoms with Crippen LogP contribution in [0.5, 0.6) is 0 Å². The van der Waals surface area contributed by atoms with Crippen LogP contribution in [-0.2, 0) is 16.8 Å². The molecular formula is C38H41N3O2. The average molecular weight is 572 g/mol. The molecule has 2 fully saturated rings. The number of pyridine rings is 1. The molecule has 0 amide bonds. The number of hydrogen-bond acceptors (Lipinski definition) is 5. The molecule has 1 saturated heterocycles. The number of carbonyl (C=O) groups excluding carboxylic acids is 1. The highest BCUT2D eigenvalue weighted by Gasteiger charge is 2.32. The van der Waals surface area contributed by atoms with Gasteiger partial charge in [-0.25, -0.2) is 4.98 Å². The number of rotatable bonds is 7. The van der Waals surface area contributed by atoms with E-state index in [-0.39, 0.29) is 5.92 Å². The number of ketones is 1. The molecule has 43 heavy (non-hydrogen) atoms. The lowest BCUT2D eigenvalue weighted by Crippen LogP contribution is -2.41. The largest absolute Gasteiger partial charge is 0.386 e. The lowest BCUT2D eigenvalue weighted by molar-refractivity contribution is -0.122. The fourth-order valence-corrected chi connectivity index (χ4v) is 6.69. The number of benzene rings is 2. The lowest BCUT2D eigenvalue weighted by Gasteiger charge is -2.32. The molecule has 1 atom stereocenters. The molecule has 3 aliphatic rings. The first kappa shape index (κ1) is 29.1. The Bertz CT molecular complexity index is 1580. The van der Waals surface area contributed by atoms with Gasteiger partial charge in [-0.3, -0.25) is 4.79 Å². The van der Waals surface area contributed by atoms with Crippen molar-refractivity contribution < 1.29 is 9.90 Å². The van der Waals surface area contributed by atoms with E-state index in [0.29, 0.717) is 23.8 Å². The first-order chi connectivity index (χ1) is 20.8. The molecule has 0 radical (unpaired) electrons. The summed E-state index contributed by atoms with van der Waals surface area (Å²) in [6.45, 7) is 4.71. The van der Waals surface area contributed by atoms with Crippen molar-refractivity contribution in [3.05, 3.63) is 101 Å². The molecule has 1 aliphatic heterocycles. The maximum absolute atomic E-state index is 13.4. The number of nitriles is 1. The number of piperidine rings is 1. The summed E-state index contributed by atoms with van der Waals surface area (Å²) in [5, 5.41) is 19.5. The van der Waals surface area contributed by atoms with E-state index in [9.17, 15) is 15.2 Å². The molecule has 220 valence electrons. The fourth-order valence-electron chi connectivity index (χ4n) is 6.69. The van der Waals surface area contributed by atoms with Gasteiger partial charge in [0.25, 0.3) is 0 Å². The summed E-state index contributed by atoms with van der Waals surface area (Å²) in [7, 11) is 0. The monoisotopic (exact) mass is 571 g/mol. The molecule has 1 aromatic heterocycles. The summed E-state index contributed by atoms with van der Waals surface area (Å²) in [5.41, 5.74) is 8.66. The molecule has 1 unspecified atom stereocenters. The zero-order chi connectivity index (χ0) is 30.0. The van der Waals surface area contributed by atoms with Gasteiger partial charge in [-0.15, -0.1) is 0 Å². The molecule has 1 saturated carbocycles. The van der Waals surface area contributed by atoms with E-state index in [1.807, 2.05) is 24.3 Å². The Morgan fingerprint density at radius 1 is 1.05 bits per heavy atom. The second-order valence-electron chi connectivity index (χ2n) is 12.9. The Kier molecular flexibility index (Phi) is 8.32. The summed E-state index contributed by atoms with van der Waals surface area (Å²) in [6.07, 6.45) is 14.7. The number of nitrogens with zero attached hydrogens (tertiary/aromatic N) is 3. The van der Waals surface area contributed by atoms with Gasteiger partial charge >= 0.3 is 0 Å². The van der Waals surface area contributed by atoms with Crippen LogP contribution in [0.2, 0.25) is 0 Å². The number of aliphatic hydroxyl groups is 1. The predicted octanol–water partition coefficient (Wildman–Crippen LogP) is 7.78. The van der Waals surface area contributed by atoms with Gasteiger partial charge in [0.1, 0.15) is 5.82 Å². The Morgan fingerprint density at radius 3 is 2.51 bits per heavy atom. The maximum atomic E-state index is 13.4. The Morgan fingerprint density at radius 2 is 1.84 bits per heavy atom. The van der Waals surface area contributed by atoms with E-state index in [4.69, 9.17) is 0 Å². The molecule has 6 rings (SSSR count). The molecule has 1 N–H and O–H groups in total. The van der Waals surface area contributed by atoms with Crippen LogP contribution in [0.1, 0.15) is 81.0 Å². The molecule has 2 aliphatic carbocycles. The van der Waals surface area contributed by atoms with Gasteiger partial charge in [0.15, 0.2) is 5.78 Å². The zero-order valence-corrected chi connectivity index (χ0v) is 25.4. The quantitative estimate of drug-likeness (QED) is 0.313. The molecule has 2 aromatic carbocycles. The lowest BCUT2D eigenvalue weighted by atomic mass is 9.83. The van der Waals surface area contributed by atoms with Crippen molar-refractivity contribution in [1.82, 2.24) is 4.98 Å². The van der Waals surface area contributed by atoms with Gasteiger partial charge in [0.2, 0.25) is 0 Å². The number of aromatic nitrogens is 1. The van der Waals surface area contributed by atoms with Crippen molar-refractivity contribution in [3.63, 3.8) is 0 Å². The summed E-state index contributed by atoms with van der Waals surface area (Å²) in [5.74, 6) is 1.74. The van der Waals surface area contributed by atoms with E-state index in [2.05, 4.69) is 58.4 Å². The summed E-state index contributed by atoms with van der Waals surface area (Å²) in [4.78, 5) is 20.0. The number of hydrogen-bond donors (Lipinski definition) is 1. The molecule has 5 heteroatoms. The predicted molar refractivity (Wildman–Crippen MR) is 172 cm³/mol. The molecule has 5 nitrogen and oxygen atoms in total. The molecule has 2 heterocycles. The number of anilines is 1.